The second-order valence-corrected chi connectivity index (χ2v) is 3.22. The van der Waals surface area contributed by atoms with Crippen molar-refractivity contribution in [1.29, 1.82) is 0 Å². The zero-order chi connectivity index (χ0) is 9.10. The summed E-state index contributed by atoms with van der Waals surface area (Å²) in [5, 5.41) is 0. The molecule has 2 rings (SSSR count). The minimum absolute atomic E-state index is 0.127. The molecule has 1 aromatic heterocycles. The summed E-state index contributed by atoms with van der Waals surface area (Å²) in [5.74, 6) is 0.458. The number of hydrogen-bond donors (Lipinski definition) is 1. The molecule has 0 amide bonds. The molecule has 0 aromatic carbocycles. The zero-order valence-electron chi connectivity index (χ0n) is 7.44. The zero-order valence-corrected chi connectivity index (χ0v) is 7.44. The molecule has 4 heteroatoms. The van der Waals surface area contributed by atoms with Gasteiger partial charge in [0, 0.05) is 6.61 Å². The fourth-order valence-electron chi connectivity index (χ4n) is 1.49. The third-order valence-electron chi connectivity index (χ3n) is 2.20. The van der Waals surface area contributed by atoms with Crippen molar-refractivity contribution >= 4 is 5.82 Å². The number of aromatic nitrogens is 2. The van der Waals surface area contributed by atoms with Crippen LogP contribution in [0.2, 0.25) is 0 Å². The molecule has 2 heterocycles. The second-order valence-electron chi connectivity index (χ2n) is 3.22. The first-order chi connectivity index (χ1) is 6.36. The largest absolute Gasteiger partial charge is 0.382 e. The number of nitrogens with two attached hydrogens (primary N) is 1. The lowest BCUT2D eigenvalue weighted by atomic mass is 10.1. The Morgan fingerprint density at radius 3 is 2.85 bits per heavy atom. The van der Waals surface area contributed by atoms with Gasteiger partial charge < -0.3 is 10.5 Å². The molecule has 0 bridgehead atoms. The molecule has 0 saturated carbocycles. The normalized spacial score (nSPS) is 22.9. The minimum atomic E-state index is 0.127. The highest BCUT2D eigenvalue weighted by molar-refractivity contribution is 5.23. The van der Waals surface area contributed by atoms with Crippen LogP contribution in [0.15, 0.2) is 12.4 Å². The van der Waals surface area contributed by atoms with Gasteiger partial charge in [0.25, 0.3) is 0 Å². The van der Waals surface area contributed by atoms with Gasteiger partial charge in [-0.3, -0.25) is 4.98 Å². The van der Waals surface area contributed by atoms with E-state index in [0.717, 1.165) is 25.1 Å². The van der Waals surface area contributed by atoms with Crippen molar-refractivity contribution in [1.82, 2.24) is 9.97 Å². The van der Waals surface area contributed by atoms with Crippen LogP contribution in [0.4, 0.5) is 5.82 Å². The number of nitrogens with zero attached hydrogens (tertiary/aromatic N) is 2. The molecule has 4 nitrogen and oxygen atoms in total. The van der Waals surface area contributed by atoms with Crippen LogP contribution < -0.4 is 5.73 Å². The predicted molar refractivity (Wildman–Crippen MR) is 49.0 cm³/mol. The molecule has 0 aliphatic carbocycles. The molecular formula is C9H13N3O. The molecule has 1 saturated heterocycles. The third kappa shape index (κ3) is 1.95. The quantitative estimate of drug-likeness (QED) is 0.705. The Balaban J connectivity index is 2.10. The summed E-state index contributed by atoms with van der Waals surface area (Å²) in [5.41, 5.74) is 6.34. The molecule has 1 atom stereocenters. The van der Waals surface area contributed by atoms with Gasteiger partial charge in [-0.25, -0.2) is 4.98 Å². The summed E-state index contributed by atoms with van der Waals surface area (Å²) >= 11 is 0. The van der Waals surface area contributed by atoms with Crippen molar-refractivity contribution in [2.24, 2.45) is 0 Å². The summed E-state index contributed by atoms with van der Waals surface area (Å²) in [6, 6.07) is 0. The van der Waals surface area contributed by atoms with Crippen LogP contribution in [0.3, 0.4) is 0 Å². The molecule has 13 heavy (non-hydrogen) atoms. The first kappa shape index (κ1) is 8.44. The molecule has 0 radical (unpaired) electrons. The Kier molecular flexibility index (Phi) is 2.40. The molecule has 1 aliphatic heterocycles. The van der Waals surface area contributed by atoms with Crippen LogP contribution in [0, 0.1) is 0 Å². The Bertz CT molecular complexity index is 267. The number of rotatable bonds is 1. The average molecular weight is 179 g/mol. The van der Waals surface area contributed by atoms with Crippen LogP contribution in [0.5, 0.6) is 0 Å². The van der Waals surface area contributed by atoms with E-state index in [2.05, 4.69) is 9.97 Å². The van der Waals surface area contributed by atoms with Crippen molar-refractivity contribution in [3.8, 4) is 0 Å². The highest BCUT2D eigenvalue weighted by Crippen LogP contribution is 2.25. The van der Waals surface area contributed by atoms with E-state index in [0.29, 0.717) is 5.82 Å². The van der Waals surface area contributed by atoms with E-state index in [9.17, 15) is 0 Å². The van der Waals surface area contributed by atoms with E-state index in [-0.39, 0.29) is 6.10 Å². The molecule has 1 fully saturated rings. The fourth-order valence-corrected chi connectivity index (χ4v) is 1.49. The highest BCUT2D eigenvalue weighted by Gasteiger charge is 2.17. The predicted octanol–water partition coefficient (Wildman–Crippen LogP) is 1.30. The van der Waals surface area contributed by atoms with Gasteiger partial charge in [0.15, 0.2) is 0 Å². The van der Waals surface area contributed by atoms with Gasteiger partial charge >= 0.3 is 0 Å². The van der Waals surface area contributed by atoms with Crippen molar-refractivity contribution in [3.63, 3.8) is 0 Å². The minimum Gasteiger partial charge on any atom is -0.382 e. The SMILES string of the molecule is Nc1cnc(C2CCCCO2)cn1. The van der Waals surface area contributed by atoms with E-state index in [1.165, 1.54) is 6.42 Å². The standard InChI is InChI=1S/C9H13N3O/c10-9-6-11-7(5-12-9)8-3-1-2-4-13-8/h5-6,8H,1-4H2,(H2,10,12). The molecule has 1 unspecified atom stereocenters. The lowest BCUT2D eigenvalue weighted by Gasteiger charge is -2.21. The van der Waals surface area contributed by atoms with E-state index in [1.54, 1.807) is 12.4 Å². The number of ether oxygens (including phenoxy) is 1. The Morgan fingerprint density at radius 2 is 2.23 bits per heavy atom. The lowest BCUT2D eigenvalue weighted by Crippen LogP contribution is -2.13. The maximum atomic E-state index is 5.56. The fraction of sp³-hybridized carbons (Fsp3) is 0.556. The van der Waals surface area contributed by atoms with Gasteiger partial charge in [-0.1, -0.05) is 0 Å². The maximum absolute atomic E-state index is 5.56. The van der Waals surface area contributed by atoms with Gasteiger partial charge in [0.1, 0.15) is 11.9 Å². The maximum Gasteiger partial charge on any atom is 0.141 e. The number of hydrogen-bond acceptors (Lipinski definition) is 4. The van der Waals surface area contributed by atoms with Crippen molar-refractivity contribution in [3.05, 3.63) is 18.1 Å². The van der Waals surface area contributed by atoms with Crippen LogP contribution >= 0.6 is 0 Å². The van der Waals surface area contributed by atoms with Gasteiger partial charge in [-0.15, -0.1) is 0 Å². The molecule has 2 N–H and O–H groups in total. The molecule has 1 aliphatic rings. The molecule has 1 aromatic rings. The topological polar surface area (TPSA) is 61.0 Å². The first-order valence-corrected chi connectivity index (χ1v) is 4.55. The molecule has 0 spiro atoms. The smallest absolute Gasteiger partial charge is 0.141 e. The Hall–Kier alpha value is -1.16. The summed E-state index contributed by atoms with van der Waals surface area (Å²) < 4.78 is 5.56. The lowest BCUT2D eigenvalue weighted by molar-refractivity contribution is 0.0121. The second kappa shape index (κ2) is 3.70. The van der Waals surface area contributed by atoms with Crippen molar-refractivity contribution in [2.45, 2.75) is 25.4 Å². The van der Waals surface area contributed by atoms with Crippen LogP contribution in [0.1, 0.15) is 31.1 Å². The van der Waals surface area contributed by atoms with Crippen LogP contribution in [-0.2, 0) is 4.74 Å². The van der Waals surface area contributed by atoms with Crippen LogP contribution in [-0.4, -0.2) is 16.6 Å². The molecular weight excluding hydrogens is 166 g/mol. The Morgan fingerprint density at radius 1 is 1.31 bits per heavy atom. The van der Waals surface area contributed by atoms with Gasteiger partial charge in [-0.05, 0) is 19.3 Å². The van der Waals surface area contributed by atoms with E-state index < -0.39 is 0 Å². The van der Waals surface area contributed by atoms with Crippen molar-refractivity contribution in [2.75, 3.05) is 12.3 Å². The summed E-state index contributed by atoms with van der Waals surface area (Å²) in [6.45, 7) is 0.830. The summed E-state index contributed by atoms with van der Waals surface area (Å²) in [7, 11) is 0. The van der Waals surface area contributed by atoms with E-state index >= 15 is 0 Å². The Labute approximate surface area is 77.1 Å². The van der Waals surface area contributed by atoms with E-state index in [4.69, 9.17) is 10.5 Å². The summed E-state index contributed by atoms with van der Waals surface area (Å²) in [6.07, 6.45) is 6.80. The van der Waals surface area contributed by atoms with Gasteiger partial charge in [0.05, 0.1) is 18.1 Å². The number of anilines is 1. The molecule has 70 valence electrons. The third-order valence-corrected chi connectivity index (χ3v) is 2.20. The van der Waals surface area contributed by atoms with Crippen molar-refractivity contribution < 1.29 is 4.74 Å². The average Bonchev–Trinajstić information content (AvgIpc) is 2.20. The van der Waals surface area contributed by atoms with E-state index in [1.807, 2.05) is 0 Å². The summed E-state index contributed by atoms with van der Waals surface area (Å²) in [4.78, 5) is 8.18. The first-order valence-electron chi connectivity index (χ1n) is 4.55. The van der Waals surface area contributed by atoms with Gasteiger partial charge in [0.2, 0.25) is 0 Å². The van der Waals surface area contributed by atoms with Gasteiger partial charge in [-0.2, -0.15) is 0 Å². The van der Waals surface area contributed by atoms with Crippen LogP contribution in [0.25, 0.3) is 0 Å². The monoisotopic (exact) mass is 179 g/mol. The highest BCUT2D eigenvalue weighted by atomic mass is 16.5. The number of nitrogen functional groups attached to an aromatic ring is 1.